The molecule has 0 amide bonds. The number of aliphatic hydroxyl groups is 1. The molecule has 2 rings (SSSR count). The summed E-state index contributed by atoms with van der Waals surface area (Å²) in [6, 6.07) is 10.1. The second-order valence-electron chi connectivity index (χ2n) is 4.41. The Morgan fingerprint density at radius 1 is 1.06 bits per heavy atom. The number of rotatable bonds is 2. The minimum absolute atomic E-state index is 0.282. The van der Waals surface area contributed by atoms with Gasteiger partial charge in [0.1, 0.15) is 11.9 Å². The molecule has 0 aliphatic heterocycles. The van der Waals surface area contributed by atoms with Gasteiger partial charge < -0.3 is 5.11 Å². The van der Waals surface area contributed by atoms with E-state index in [0.717, 1.165) is 26.7 Å². The van der Waals surface area contributed by atoms with E-state index in [1.165, 1.54) is 12.1 Å². The molecule has 0 radical (unpaired) electrons. The van der Waals surface area contributed by atoms with Crippen molar-refractivity contribution >= 4 is 15.9 Å². The summed E-state index contributed by atoms with van der Waals surface area (Å²) in [5, 5.41) is 10.3. The van der Waals surface area contributed by atoms with E-state index in [0.29, 0.717) is 0 Å². The molecule has 1 unspecified atom stereocenters. The molecular weight excluding hydrogens is 295 g/mol. The lowest BCUT2D eigenvalue weighted by molar-refractivity contribution is 0.219. The van der Waals surface area contributed by atoms with Crippen molar-refractivity contribution in [3.63, 3.8) is 0 Å². The van der Waals surface area contributed by atoms with Crippen LogP contribution in [0.3, 0.4) is 0 Å². The van der Waals surface area contributed by atoms with Crippen LogP contribution in [0.4, 0.5) is 4.39 Å². The Hall–Kier alpha value is -1.19. The molecule has 0 spiro atoms. The molecule has 0 aliphatic rings. The van der Waals surface area contributed by atoms with Gasteiger partial charge in [0, 0.05) is 4.47 Å². The molecule has 0 aromatic heterocycles. The topological polar surface area (TPSA) is 20.2 Å². The van der Waals surface area contributed by atoms with Gasteiger partial charge in [0.15, 0.2) is 0 Å². The first-order valence-electron chi connectivity index (χ1n) is 5.69. The Morgan fingerprint density at radius 2 is 1.78 bits per heavy atom. The van der Waals surface area contributed by atoms with Crippen molar-refractivity contribution in [3.8, 4) is 0 Å². The zero-order valence-electron chi connectivity index (χ0n) is 10.2. The smallest absolute Gasteiger partial charge is 0.123 e. The summed E-state index contributed by atoms with van der Waals surface area (Å²) < 4.78 is 14.1. The first kappa shape index (κ1) is 13.2. The number of aryl methyl sites for hydroxylation is 2. The van der Waals surface area contributed by atoms with Crippen LogP contribution in [-0.2, 0) is 0 Å². The van der Waals surface area contributed by atoms with Gasteiger partial charge in [-0.25, -0.2) is 4.39 Å². The number of hydrogen-bond donors (Lipinski definition) is 1. The fraction of sp³-hybridized carbons (Fsp3) is 0.200. The Balaban J connectivity index is 2.41. The van der Waals surface area contributed by atoms with Gasteiger partial charge in [-0.15, -0.1) is 0 Å². The summed E-state index contributed by atoms with van der Waals surface area (Å²) in [7, 11) is 0. The molecular formula is C15H14BrFO. The van der Waals surface area contributed by atoms with Crippen LogP contribution in [0.1, 0.15) is 28.4 Å². The molecule has 0 bridgehead atoms. The average Bonchev–Trinajstić information content (AvgIpc) is 2.32. The SMILES string of the molecule is Cc1cc(C(O)c2ccc(F)cc2C)ccc1Br. The van der Waals surface area contributed by atoms with E-state index in [1.807, 2.05) is 25.1 Å². The standard InChI is InChI=1S/C15H14BrFO/c1-9-8-12(17)4-5-13(9)15(18)11-3-6-14(16)10(2)7-11/h3-8,15,18H,1-2H3. The molecule has 1 nitrogen and oxygen atoms in total. The van der Waals surface area contributed by atoms with E-state index in [2.05, 4.69) is 15.9 Å². The summed E-state index contributed by atoms with van der Waals surface area (Å²) in [5.41, 5.74) is 3.36. The number of hydrogen-bond acceptors (Lipinski definition) is 1. The van der Waals surface area contributed by atoms with Crippen LogP contribution in [0.15, 0.2) is 40.9 Å². The molecule has 18 heavy (non-hydrogen) atoms. The van der Waals surface area contributed by atoms with Gasteiger partial charge in [0.2, 0.25) is 0 Å². The summed E-state index contributed by atoms with van der Waals surface area (Å²) in [4.78, 5) is 0. The largest absolute Gasteiger partial charge is 0.384 e. The Bertz CT molecular complexity index is 581. The summed E-state index contributed by atoms with van der Waals surface area (Å²) in [6.45, 7) is 3.77. The van der Waals surface area contributed by atoms with Gasteiger partial charge in [0.05, 0.1) is 0 Å². The highest BCUT2D eigenvalue weighted by molar-refractivity contribution is 9.10. The van der Waals surface area contributed by atoms with E-state index in [-0.39, 0.29) is 5.82 Å². The zero-order chi connectivity index (χ0) is 13.3. The molecule has 1 atom stereocenters. The Labute approximate surface area is 114 Å². The van der Waals surface area contributed by atoms with Gasteiger partial charge in [-0.05, 0) is 54.3 Å². The molecule has 2 aromatic carbocycles. The number of aliphatic hydroxyl groups excluding tert-OH is 1. The quantitative estimate of drug-likeness (QED) is 0.877. The van der Waals surface area contributed by atoms with Crippen molar-refractivity contribution in [3.05, 3.63) is 68.9 Å². The summed E-state index contributed by atoms with van der Waals surface area (Å²) >= 11 is 3.43. The first-order valence-corrected chi connectivity index (χ1v) is 6.48. The zero-order valence-corrected chi connectivity index (χ0v) is 11.8. The maximum atomic E-state index is 13.0. The Morgan fingerprint density at radius 3 is 2.39 bits per heavy atom. The van der Waals surface area contributed by atoms with E-state index >= 15 is 0 Å². The Kier molecular flexibility index (Phi) is 3.83. The van der Waals surface area contributed by atoms with Gasteiger partial charge in [-0.1, -0.05) is 34.1 Å². The molecule has 94 valence electrons. The fourth-order valence-corrected chi connectivity index (χ4v) is 2.21. The van der Waals surface area contributed by atoms with E-state index in [9.17, 15) is 9.50 Å². The van der Waals surface area contributed by atoms with Gasteiger partial charge in [-0.2, -0.15) is 0 Å². The fourth-order valence-electron chi connectivity index (χ4n) is 1.96. The van der Waals surface area contributed by atoms with Gasteiger partial charge in [0.25, 0.3) is 0 Å². The highest BCUT2D eigenvalue weighted by Gasteiger charge is 2.14. The lowest BCUT2D eigenvalue weighted by Crippen LogP contribution is -2.02. The van der Waals surface area contributed by atoms with Crippen LogP contribution < -0.4 is 0 Å². The maximum absolute atomic E-state index is 13.0. The lowest BCUT2D eigenvalue weighted by atomic mass is 9.96. The van der Waals surface area contributed by atoms with E-state index in [4.69, 9.17) is 0 Å². The lowest BCUT2D eigenvalue weighted by Gasteiger charge is -2.15. The minimum Gasteiger partial charge on any atom is -0.384 e. The summed E-state index contributed by atoms with van der Waals surface area (Å²) in [6.07, 6.45) is -0.725. The normalized spacial score (nSPS) is 12.5. The maximum Gasteiger partial charge on any atom is 0.123 e. The van der Waals surface area contributed by atoms with Crippen LogP contribution in [0.5, 0.6) is 0 Å². The third-order valence-electron chi connectivity index (χ3n) is 3.02. The van der Waals surface area contributed by atoms with Gasteiger partial charge >= 0.3 is 0 Å². The van der Waals surface area contributed by atoms with Gasteiger partial charge in [-0.3, -0.25) is 0 Å². The van der Waals surface area contributed by atoms with Crippen LogP contribution in [-0.4, -0.2) is 5.11 Å². The molecule has 0 heterocycles. The van der Waals surface area contributed by atoms with Crippen molar-refractivity contribution in [1.82, 2.24) is 0 Å². The molecule has 1 N–H and O–H groups in total. The number of benzene rings is 2. The van der Waals surface area contributed by atoms with Crippen molar-refractivity contribution in [2.75, 3.05) is 0 Å². The highest BCUT2D eigenvalue weighted by atomic mass is 79.9. The van der Waals surface area contributed by atoms with Crippen molar-refractivity contribution in [1.29, 1.82) is 0 Å². The van der Waals surface area contributed by atoms with Crippen LogP contribution >= 0.6 is 15.9 Å². The monoisotopic (exact) mass is 308 g/mol. The third kappa shape index (κ3) is 2.62. The minimum atomic E-state index is -0.725. The predicted octanol–water partition coefficient (Wildman–Crippen LogP) is 4.29. The first-order chi connectivity index (χ1) is 8.49. The second kappa shape index (κ2) is 5.21. The van der Waals surface area contributed by atoms with E-state index in [1.54, 1.807) is 13.0 Å². The van der Waals surface area contributed by atoms with Crippen LogP contribution in [0.2, 0.25) is 0 Å². The average molecular weight is 309 g/mol. The van der Waals surface area contributed by atoms with Crippen LogP contribution in [0.25, 0.3) is 0 Å². The molecule has 0 saturated carbocycles. The molecule has 0 fully saturated rings. The highest BCUT2D eigenvalue weighted by Crippen LogP contribution is 2.28. The molecule has 3 heteroatoms. The third-order valence-corrected chi connectivity index (χ3v) is 3.91. The number of halogens is 2. The molecule has 2 aromatic rings. The second-order valence-corrected chi connectivity index (χ2v) is 5.27. The van der Waals surface area contributed by atoms with Crippen molar-refractivity contribution in [2.45, 2.75) is 20.0 Å². The molecule has 0 saturated heterocycles. The predicted molar refractivity (Wildman–Crippen MR) is 74.1 cm³/mol. The molecule has 0 aliphatic carbocycles. The van der Waals surface area contributed by atoms with Crippen molar-refractivity contribution in [2.24, 2.45) is 0 Å². The van der Waals surface area contributed by atoms with Crippen molar-refractivity contribution < 1.29 is 9.50 Å². The van der Waals surface area contributed by atoms with E-state index < -0.39 is 6.10 Å². The summed E-state index contributed by atoms with van der Waals surface area (Å²) in [5.74, 6) is -0.282. The van der Waals surface area contributed by atoms with Crippen LogP contribution in [0, 0.1) is 19.7 Å².